The highest BCUT2D eigenvalue weighted by atomic mass is 35.5. The summed E-state index contributed by atoms with van der Waals surface area (Å²) in [6, 6.07) is 13.5. The average molecular weight is 803 g/mol. The quantitative estimate of drug-likeness (QED) is 0.0997. The number of sulfonamides is 1. The number of anilines is 1. The van der Waals surface area contributed by atoms with Crippen molar-refractivity contribution in [3.05, 3.63) is 76.1 Å². The number of amides is 2. The van der Waals surface area contributed by atoms with Crippen molar-refractivity contribution in [3.63, 3.8) is 0 Å². The van der Waals surface area contributed by atoms with Crippen LogP contribution >= 0.6 is 11.6 Å². The largest absolute Gasteiger partial charge is 0.454 e. The molecule has 2 atom stereocenters. The number of nitrogens with zero attached hydrogens (tertiary/aromatic N) is 3. The third kappa shape index (κ3) is 9.57. The van der Waals surface area contributed by atoms with Gasteiger partial charge in [0.1, 0.15) is 11.4 Å². The van der Waals surface area contributed by atoms with E-state index in [1.165, 1.54) is 0 Å². The molecule has 4 saturated carbocycles. The summed E-state index contributed by atoms with van der Waals surface area (Å²) in [5.74, 6) is -0.641. The number of nitrogens with one attached hydrogen (secondary N) is 3. The molecule has 0 aliphatic heterocycles. The number of halogens is 4. The van der Waals surface area contributed by atoms with Crippen molar-refractivity contribution in [1.82, 2.24) is 25.0 Å². The number of alkyl halides is 3. The fourth-order valence-corrected chi connectivity index (χ4v) is 8.84. The number of unbranched alkanes of at least 4 members (excludes halogenated alkanes) is 1. The molecule has 4 fully saturated rings. The van der Waals surface area contributed by atoms with Gasteiger partial charge in [-0.3, -0.25) is 19.1 Å². The maximum atomic E-state index is 13.2. The van der Waals surface area contributed by atoms with Gasteiger partial charge in [0.2, 0.25) is 21.9 Å². The molecule has 1 heterocycles. The monoisotopic (exact) mass is 802 g/mol. The summed E-state index contributed by atoms with van der Waals surface area (Å²) in [6.07, 6.45) is 2.34. The summed E-state index contributed by atoms with van der Waals surface area (Å²) in [7, 11) is -3.77. The minimum Gasteiger partial charge on any atom is -0.454 e. The lowest BCUT2D eigenvalue weighted by Gasteiger charge is -2.27. The number of ketones is 1. The molecule has 0 unspecified atom stereocenters. The molecule has 0 radical (unpaired) electrons. The van der Waals surface area contributed by atoms with Gasteiger partial charge in [-0.2, -0.15) is 28.1 Å². The van der Waals surface area contributed by atoms with Crippen LogP contribution in [0.1, 0.15) is 104 Å². The number of carbonyl (C=O) groups excluding carboxylic acids is 3. The second-order valence-corrected chi connectivity index (χ2v) is 17.6. The van der Waals surface area contributed by atoms with Crippen LogP contribution in [-0.4, -0.2) is 64.5 Å². The SMILES string of the molecule is O=C(CCCCC(=O)c1ccc(Cc2nc(NC3(c4ccc(Cl)cc4)CC3)nc(OCC(F)(F)F)n2)cc1)N[C@]1(C(=O)NS(=O)(=O)C2CCC2)C[C@H]1C1CC1. The van der Waals surface area contributed by atoms with E-state index in [1.54, 1.807) is 36.4 Å². The molecule has 0 bridgehead atoms. The summed E-state index contributed by atoms with van der Waals surface area (Å²) in [5, 5.41) is 6.11. The summed E-state index contributed by atoms with van der Waals surface area (Å²) in [5.41, 5.74) is 0.403. The lowest BCUT2D eigenvalue weighted by Crippen LogP contribution is -2.54. The fraction of sp³-hybridized carbons (Fsp3) is 0.526. The van der Waals surface area contributed by atoms with E-state index >= 15 is 0 Å². The Bertz CT molecular complexity index is 2040. The van der Waals surface area contributed by atoms with Gasteiger partial charge >= 0.3 is 12.2 Å². The van der Waals surface area contributed by atoms with Gasteiger partial charge in [0.15, 0.2) is 12.4 Å². The zero-order chi connectivity index (χ0) is 39.0. The van der Waals surface area contributed by atoms with Crippen molar-refractivity contribution in [2.75, 3.05) is 11.9 Å². The Morgan fingerprint density at radius 1 is 0.909 bits per heavy atom. The van der Waals surface area contributed by atoms with E-state index in [2.05, 4.69) is 30.3 Å². The molecule has 1 aromatic heterocycles. The summed E-state index contributed by atoms with van der Waals surface area (Å²) in [4.78, 5) is 51.8. The minimum absolute atomic E-state index is 0.0684. The molecule has 4 aliphatic rings. The second kappa shape index (κ2) is 15.3. The van der Waals surface area contributed by atoms with E-state index in [0.717, 1.165) is 37.7 Å². The molecule has 2 amide bonds. The van der Waals surface area contributed by atoms with Gasteiger partial charge in [0.25, 0.3) is 5.91 Å². The van der Waals surface area contributed by atoms with Crippen LogP contribution < -0.4 is 20.1 Å². The number of aromatic nitrogens is 3. The van der Waals surface area contributed by atoms with Crippen LogP contribution in [0.25, 0.3) is 0 Å². The molecule has 2 aromatic carbocycles. The molecule has 17 heteroatoms. The van der Waals surface area contributed by atoms with E-state index in [1.807, 2.05) is 12.1 Å². The highest BCUT2D eigenvalue weighted by Gasteiger charge is 2.66. The predicted molar refractivity (Wildman–Crippen MR) is 196 cm³/mol. The Hall–Kier alpha value is -4.31. The highest BCUT2D eigenvalue weighted by Crippen LogP contribution is 2.57. The molecule has 12 nitrogen and oxygen atoms in total. The van der Waals surface area contributed by atoms with Crippen molar-refractivity contribution in [2.45, 2.75) is 106 Å². The van der Waals surface area contributed by atoms with Crippen LogP contribution in [0.15, 0.2) is 48.5 Å². The van der Waals surface area contributed by atoms with Crippen molar-refractivity contribution >= 4 is 45.2 Å². The Morgan fingerprint density at radius 2 is 1.60 bits per heavy atom. The van der Waals surface area contributed by atoms with Crippen molar-refractivity contribution in [1.29, 1.82) is 0 Å². The van der Waals surface area contributed by atoms with Gasteiger partial charge < -0.3 is 15.4 Å². The van der Waals surface area contributed by atoms with Crippen molar-refractivity contribution < 1.29 is 40.7 Å². The topological polar surface area (TPSA) is 169 Å². The van der Waals surface area contributed by atoms with Gasteiger partial charge in [-0.1, -0.05) is 54.4 Å². The van der Waals surface area contributed by atoms with Crippen LogP contribution in [-0.2, 0) is 31.6 Å². The molecule has 7 rings (SSSR count). The molecule has 4 aliphatic carbocycles. The Balaban J connectivity index is 0.914. The maximum absolute atomic E-state index is 13.2. The Labute approximate surface area is 321 Å². The number of rotatable bonds is 18. The average Bonchev–Trinajstić information content (AvgIpc) is 3.98. The first kappa shape index (κ1) is 38.9. The number of carbonyl (C=O) groups is 3. The highest BCUT2D eigenvalue weighted by molar-refractivity contribution is 7.90. The number of hydrogen-bond donors (Lipinski definition) is 3. The lowest BCUT2D eigenvalue weighted by atomic mass is 10.0. The van der Waals surface area contributed by atoms with Crippen LogP contribution in [0.4, 0.5) is 19.1 Å². The van der Waals surface area contributed by atoms with E-state index in [4.69, 9.17) is 16.3 Å². The van der Waals surface area contributed by atoms with E-state index in [-0.39, 0.29) is 48.6 Å². The summed E-state index contributed by atoms with van der Waals surface area (Å²) in [6.45, 7) is -1.56. The number of benzene rings is 2. The number of hydrogen-bond acceptors (Lipinski definition) is 10. The van der Waals surface area contributed by atoms with Gasteiger partial charge in [0, 0.05) is 29.8 Å². The smallest absolute Gasteiger partial charge is 0.422 e. The molecule has 294 valence electrons. The third-order valence-electron chi connectivity index (χ3n) is 10.9. The first-order valence-electron chi connectivity index (χ1n) is 18.6. The van der Waals surface area contributed by atoms with E-state index in [0.29, 0.717) is 54.2 Å². The summed E-state index contributed by atoms with van der Waals surface area (Å²) >= 11 is 6.05. The van der Waals surface area contributed by atoms with E-state index in [9.17, 15) is 36.0 Å². The fourth-order valence-electron chi connectivity index (χ4n) is 7.16. The first-order chi connectivity index (χ1) is 26.1. The summed E-state index contributed by atoms with van der Waals surface area (Å²) < 4.78 is 71.2. The van der Waals surface area contributed by atoms with Gasteiger partial charge in [-0.05, 0) is 92.9 Å². The normalized spacial score (nSPS) is 21.6. The molecule has 55 heavy (non-hydrogen) atoms. The third-order valence-corrected chi connectivity index (χ3v) is 13.0. The van der Waals surface area contributed by atoms with Gasteiger partial charge in [-0.15, -0.1) is 0 Å². The van der Waals surface area contributed by atoms with Crippen LogP contribution in [0.3, 0.4) is 0 Å². The molecule has 0 spiro atoms. The van der Waals surface area contributed by atoms with Crippen LogP contribution in [0.2, 0.25) is 5.02 Å². The van der Waals surface area contributed by atoms with Crippen LogP contribution in [0, 0.1) is 11.8 Å². The predicted octanol–water partition coefficient (Wildman–Crippen LogP) is 6.18. The van der Waals surface area contributed by atoms with Crippen LogP contribution in [0.5, 0.6) is 6.01 Å². The molecular weight excluding hydrogens is 761 g/mol. The van der Waals surface area contributed by atoms with Gasteiger partial charge in [-0.25, -0.2) is 8.42 Å². The van der Waals surface area contributed by atoms with Crippen molar-refractivity contribution in [2.24, 2.45) is 11.8 Å². The molecule has 0 saturated heterocycles. The zero-order valence-corrected chi connectivity index (χ0v) is 31.5. The molecule has 3 N–H and O–H groups in total. The van der Waals surface area contributed by atoms with Gasteiger partial charge in [0.05, 0.1) is 10.8 Å². The first-order valence-corrected chi connectivity index (χ1v) is 20.5. The van der Waals surface area contributed by atoms with E-state index < -0.39 is 51.1 Å². The minimum atomic E-state index is -4.59. The Morgan fingerprint density at radius 3 is 2.22 bits per heavy atom. The lowest BCUT2D eigenvalue weighted by molar-refractivity contribution is -0.154. The number of ether oxygens (including phenoxy) is 1. The molecular formula is C38H42ClF3N6O6S. The standard InChI is InChI=1S/C38H42ClF3N6O6S/c39-27-16-14-26(15-17-27)36(18-19-36)47-34-43-31(44-35(45-34)54-22-38(40,41)42)20-23-8-10-25(11-9-23)30(49)6-1-2-7-32(50)46-37(21-29(37)24-12-13-24)33(51)48-55(52,53)28-4-3-5-28/h8-11,14-17,24,28-29H,1-7,12-13,18-22H2,(H,46,50)(H,48,51)(H,43,44,45,47)/t29-,37+/m0/s1. The van der Waals surface area contributed by atoms with Crippen molar-refractivity contribution in [3.8, 4) is 6.01 Å². The maximum Gasteiger partial charge on any atom is 0.422 e. The molecule has 3 aromatic rings. The zero-order valence-electron chi connectivity index (χ0n) is 30.0. The second-order valence-electron chi connectivity index (χ2n) is 15.2. The number of Topliss-reactive ketones (excluding diaryl/α,β-unsaturated/α-hetero) is 1. The Kier molecular flexibility index (Phi) is 10.8.